The monoisotopic (exact) mass is 410 g/mol. The molecule has 0 aliphatic carbocycles. The fourth-order valence-corrected chi connectivity index (χ4v) is 3.27. The van der Waals surface area contributed by atoms with Gasteiger partial charge in [-0.3, -0.25) is 4.79 Å². The van der Waals surface area contributed by atoms with E-state index in [-0.39, 0.29) is 23.0 Å². The van der Waals surface area contributed by atoms with E-state index in [2.05, 4.69) is 31.9 Å². The van der Waals surface area contributed by atoms with Gasteiger partial charge >= 0.3 is 0 Å². The topological polar surface area (TPSA) is 66.8 Å². The maximum Gasteiger partial charge on any atom is 0.231 e. The van der Waals surface area contributed by atoms with Gasteiger partial charge < -0.3 is 14.9 Å². The van der Waals surface area contributed by atoms with Gasteiger partial charge in [-0.1, -0.05) is 15.9 Å². The zero-order chi connectivity index (χ0) is 15.1. The number of fused-ring (bicyclic) bond motifs is 1. The third kappa shape index (κ3) is 2.56. The number of phenols is 2. The molecular weight excluding hydrogens is 404 g/mol. The lowest BCUT2D eigenvalue weighted by molar-refractivity contribution is 0.101. The lowest BCUT2D eigenvalue weighted by Gasteiger charge is -2.04. The third-order valence-corrected chi connectivity index (χ3v) is 4.06. The van der Waals surface area contributed by atoms with Gasteiger partial charge in [-0.25, -0.2) is 0 Å². The van der Waals surface area contributed by atoms with Crippen LogP contribution in [0, 0.1) is 0 Å². The van der Waals surface area contributed by atoms with Crippen molar-refractivity contribution >= 4 is 43.7 Å². The molecule has 1 aliphatic rings. The number of carbonyl (C=O) groups is 1. The minimum atomic E-state index is -0.291. The van der Waals surface area contributed by atoms with E-state index in [1.165, 1.54) is 24.3 Å². The molecule has 0 saturated carbocycles. The van der Waals surface area contributed by atoms with E-state index in [9.17, 15) is 15.0 Å². The first-order chi connectivity index (χ1) is 9.95. The molecular formula is C15H8Br2O4. The molecule has 1 aliphatic heterocycles. The van der Waals surface area contributed by atoms with E-state index in [1.54, 1.807) is 12.1 Å². The zero-order valence-electron chi connectivity index (χ0n) is 10.4. The molecule has 0 aromatic heterocycles. The number of benzene rings is 2. The first kappa shape index (κ1) is 14.2. The van der Waals surface area contributed by atoms with Crippen LogP contribution < -0.4 is 4.74 Å². The molecule has 2 aromatic rings. The Labute approximate surface area is 136 Å². The fraction of sp³-hybridized carbons (Fsp3) is 0. The SMILES string of the molecule is O=C1/C(=C/c2cc(Br)cc(Br)c2O)Oc2cc(O)ccc21. The summed E-state index contributed by atoms with van der Waals surface area (Å²) in [6.45, 7) is 0. The lowest BCUT2D eigenvalue weighted by Crippen LogP contribution is -1.98. The van der Waals surface area contributed by atoms with Crippen molar-refractivity contribution in [1.82, 2.24) is 0 Å². The molecule has 4 nitrogen and oxygen atoms in total. The molecule has 106 valence electrons. The van der Waals surface area contributed by atoms with Crippen LogP contribution in [-0.2, 0) is 0 Å². The molecule has 0 amide bonds. The predicted octanol–water partition coefficient (Wildman–Crippen LogP) is 4.24. The van der Waals surface area contributed by atoms with Crippen LogP contribution in [0.2, 0.25) is 0 Å². The summed E-state index contributed by atoms with van der Waals surface area (Å²) >= 11 is 6.55. The van der Waals surface area contributed by atoms with Crippen molar-refractivity contribution in [2.75, 3.05) is 0 Å². The van der Waals surface area contributed by atoms with Crippen LogP contribution >= 0.6 is 31.9 Å². The summed E-state index contributed by atoms with van der Waals surface area (Å²) in [5, 5.41) is 19.4. The van der Waals surface area contributed by atoms with Crippen LogP contribution in [0.1, 0.15) is 15.9 Å². The summed E-state index contributed by atoms with van der Waals surface area (Å²) in [5.74, 6) is 0.146. The number of Topliss-reactive ketones (excluding diaryl/α,β-unsaturated/α-hetero) is 1. The number of phenolic OH excluding ortho intramolecular Hbond substituents is 2. The second-order valence-electron chi connectivity index (χ2n) is 4.45. The molecule has 21 heavy (non-hydrogen) atoms. The van der Waals surface area contributed by atoms with Crippen molar-refractivity contribution in [3.05, 3.63) is 56.2 Å². The Morgan fingerprint density at radius 2 is 1.86 bits per heavy atom. The molecule has 0 spiro atoms. The second-order valence-corrected chi connectivity index (χ2v) is 6.22. The van der Waals surface area contributed by atoms with Crippen molar-refractivity contribution in [3.63, 3.8) is 0 Å². The highest BCUT2D eigenvalue weighted by Crippen LogP contribution is 2.37. The molecule has 6 heteroatoms. The van der Waals surface area contributed by atoms with Crippen LogP contribution in [0.4, 0.5) is 0 Å². The zero-order valence-corrected chi connectivity index (χ0v) is 13.6. The number of halogens is 2. The van der Waals surface area contributed by atoms with Crippen molar-refractivity contribution in [2.45, 2.75) is 0 Å². The number of hydrogen-bond acceptors (Lipinski definition) is 4. The van der Waals surface area contributed by atoms with Crippen LogP contribution in [0.25, 0.3) is 6.08 Å². The molecule has 0 fully saturated rings. The average molecular weight is 412 g/mol. The van der Waals surface area contributed by atoms with Gasteiger partial charge in [0.25, 0.3) is 0 Å². The Kier molecular flexibility index (Phi) is 3.51. The van der Waals surface area contributed by atoms with Gasteiger partial charge in [-0.2, -0.15) is 0 Å². The quantitative estimate of drug-likeness (QED) is 0.688. The van der Waals surface area contributed by atoms with Crippen LogP contribution in [-0.4, -0.2) is 16.0 Å². The average Bonchev–Trinajstić information content (AvgIpc) is 2.71. The van der Waals surface area contributed by atoms with E-state index < -0.39 is 0 Å². The molecule has 0 bridgehead atoms. The molecule has 0 radical (unpaired) electrons. The van der Waals surface area contributed by atoms with E-state index in [0.29, 0.717) is 21.3 Å². The normalized spacial score (nSPS) is 15.1. The predicted molar refractivity (Wildman–Crippen MR) is 84.5 cm³/mol. The number of allylic oxidation sites excluding steroid dienone is 1. The minimum Gasteiger partial charge on any atom is -0.508 e. The smallest absolute Gasteiger partial charge is 0.231 e. The van der Waals surface area contributed by atoms with Crippen molar-refractivity contribution in [2.24, 2.45) is 0 Å². The van der Waals surface area contributed by atoms with Crippen molar-refractivity contribution in [3.8, 4) is 17.2 Å². The molecule has 0 atom stereocenters. The number of carbonyl (C=O) groups excluding carboxylic acids is 1. The van der Waals surface area contributed by atoms with Gasteiger partial charge in [0.05, 0.1) is 10.0 Å². The maximum atomic E-state index is 12.2. The molecule has 0 saturated heterocycles. The summed E-state index contributed by atoms with van der Waals surface area (Å²) in [6.07, 6.45) is 1.46. The number of ketones is 1. The Morgan fingerprint density at radius 1 is 1.10 bits per heavy atom. The lowest BCUT2D eigenvalue weighted by atomic mass is 10.1. The van der Waals surface area contributed by atoms with Gasteiger partial charge in [0.1, 0.15) is 17.2 Å². The summed E-state index contributed by atoms with van der Waals surface area (Å²) in [4.78, 5) is 12.2. The molecule has 1 heterocycles. The highest BCUT2D eigenvalue weighted by atomic mass is 79.9. The van der Waals surface area contributed by atoms with Gasteiger partial charge in [-0.05, 0) is 46.3 Å². The molecule has 3 rings (SSSR count). The Bertz CT molecular complexity index is 797. The second kappa shape index (κ2) is 5.20. The number of hydrogen-bond donors (Lipinski definition) is 2. The van der Waals surface area contributed by atoms with Crippen molar-refractivity contribution in [1.29, 1.82) is 0 Å². The Hall–Kier alpha value is -1.79. The van der Waals surface area contributed by atoms with Crippen LogP contribution in [0.5, 0.6) is 17.2 Å². The van der Waals surface area contributed by atoms with E-state index in [4.69, 9.17) is 4.74 Å². The van der Waals surface area contributed by atoms with E-state index in [1.807, 2.05) is 0 Å². The Balaban J connectivity index is 2.06. The summed E-state index contributed by atoms with van der Waals surface area (Å²) in [7, 11) is 0. The number of ether oxygens (including phenoxy) is 1. The first-order valence-electron chi connectivity index (χ1n) is 5.91. The van der Waals surface area contributed by atoms with E-state index in [0.717, 1.165) is 4.47 Å². The van der Waals surface area contributed by atoms with Gasteiger partial charge in [0.2, 0.25) is 5.78 Å². The molecule has 2 N–H and O–H groups in total. The summed E-state index contributed by atoms with van der Waals surface area (Å²) in [5.41, 5.74) is 0.823. The number of aromatic hydroxyl groups is 2. The maximum absolute atomic E-state index is 12.2. The standard InChI is InChI=1S/C15H8Br2O4/c16-8-3-7(14(19)11(17)5-8)4-13-15(20)10-2-1-9(18)6-12(10)21-13/h1-6,18-19H/b13-4-. The highest BCUT2D eigenvalue weighted by Gasteiger charge is 2.27. The summed E-state index contributed by atoms with van der Waals surface area (Å²) in [6, 6.07) is 7.68. The number of rotatable bonds is 1. The van der Waals surface area contributed by atoms with Gasteiger partial charge in [0.15, 0.2) is 5.76 Å². The van der Waals surface area contributed by atoms with Gasteiger partial charge in [0, 0.05) is 16.1 Å². The van der Waals surface area contributed by atoms with Gasteiger partial charge in [-0.15, -0.1) is 0 Å². The largest absolute Gasteiger partial charge is 0.508 e. The van der Waals surface area contributed by atoms with Crippen LogP contribution in [0.3, 0.4) is 0 Å². The third-order valence-electron chi connectivity index (χ3n) is 3.00. The fourth-order valence-electron chi connectivity index (χ4n) is 2.01. The molecule has 0 unspecified atom stereocenters. The van der Waals surface area contributed by atoms with Crippen LogP contribution in [0.15, 0.2) is 45.0 Å². The summed E-state index contributed by atoms with van der Waals surface area (Å²) < 4.78 is 6.70. The highest BCUT2D eigenvalue weighted by molar-refractivity contribution is 9.11. The van der Waals surface area contributed by atoms with E-state index >= 15 is 0 Å². The minimum absolute atomic E-state index is 0.0147. The molecule has 2 aromatic carbocycles. The first-order valence-corrected chi connectivity index (χ1v) is 7.49. The van der Waals surface area contributed by atoms with Crippen molar-refractivity contribution < 1.29 is 19.7 Å². The Morgan fingerprint density at radius 3 is 2.62 bits per heavy atom.